The van der Waals surface area contributed by atoms with E-state index in [9.17, 15) is 9.59 Å². The highest BCUT2D eigenvalue weighted by Crippen LogP contribution is 2.04. The Kier molecular flexibility index (Phi) is 8.36. The van der Waals surface area contributed by atoms with Crippen LogP contribution in [0, 0.1) is 0 Å². The van der Waals surface area contributed by atoms with Crippen molar-refractivity contribution in [3.63, 3.8) is 0 Å². The molecule has 6 heteroatoms. The zero-order valence-electron chi connectivity index (χ0n) is 8.46. The summed E-state index contributed by atoms with van der Waals surface area (Å²) in [5.41, 5.74) is 0. The lowest BCUT2D eigenvalue weighted by atomic mass is 10.4. The van der Waals surface area contributed by atoms with Crippen LogP contribution in [0.4, 0.5) is 0 Å². The molecule has 2 N–H and O–H groups in total. The fourth-order valence-electron chi connectivity index (χ4n) is 0.637. The number of nitrogens with one attached hydrogen (secondary N) is 2. The van der Waals surface area contributed by atoms with Crippen LogP contribution in [0.25, 0.3) is 0 Å². The summed E-state index contributed by atoms with van der Waals surface area (Å²) in [5.74, 6) is 0.553. The first-order valence-corrected chi connectivity index (χ1v) is 5.27. The number of carbonyl (C=O) groups is 2. The van der Waals surface area contributed by atoms with Gasteiger partial charge >= 0.3 is 0 Å². The smallest absolute Gasteiger partial charge is 0.222 e. The first kappa shape index (κ1) is 13.2. The van der Waals surface area contributed by atoms with Gasteiger partial charge in [0.05, 0.1) is 13.0 Å². The fourth-order valence-corrected chi connectivity index (χ4v) is 1.22. The lowest BCUT2D eigenvalue weighted by molar-refractivity contribution is -0.121. The largest absolute Gasteiger partial charge is 0.359 e. The monoisotopic (exact) mass is 220 g/mol. The SMILES string of the molecule is CNC(=O)CCOSCCC(=O)NC. The van der Waals surface area contributed by atoms with E-state index in [-0.39, 0.29) is 11.8 Å². The lowest BCUT2D eigenvalue weighted by Crippen LogP contribution is -2.19. The molecule has 0 spiro atoms. The van der Waals surface area contributed by atoms with Gasteiger partial charge < -0.3 is 14.8 Å². The zero-order valence-corrected chi connectivity index (χ0v) is 9.28. The highest BCUT2D eigenvalue weighted by Gasteiger charge is 2.00. The summed E-state index contributed by atoms with van der Waals surface area (Å²) >= 11 is 1.21. The van der Waals surface area contributed by atoms with Gasteiger partial charge in [-0.1, -0.05) is 0 Å². The molecule has 5 nitrogen and oxygen atoms in total. The van der Waals surface area contributed by atoms with E-state index < -0.39 is 0 Å². The van der Waals surface area contributed by atoms with Crippen molar-refractivity contribution in [3.8, 4) is 0 Å². The number of carbonyl (C=O) groups excluding carboxylic acids is 2. The molecule has 0 saturated heterocycles. The third-order valence-electron chi connectivity index (χ3n) is 1.47. The highest BCUT2D eigenvalue weighted by molar-refractivity contribution is 7.94. The summed E-state index contributed by atoms with van der Waals surface area (Å²) in [6.07, 6.45) is 0.782. The zero-order chi connectivity index (χ0) is 10.8. The average Bonchev–Trinajstić information content (AvgIpc) is 2.22. The Hall–Kier alpha value is -0.750. The molecule has 0 unspecified atom stereocenters. The number of hydrogen-bond donors (Lipinski definition) is 2. The molecular weight excluding hydrogens is 204 g/mol. The summed E-state index contributed by atoms with van der Waals surface area (Å²) in [6.45, 7) is 0.373. The van der Waals surface area contributed by atoms with Crippen LogP contribution in [0.5, 0.6) is 0 Å². The normalized spacial score (nSPS) is 9.57. The van der Waals surface area contributed by atoms with Gasteiger partial charge in [0.25, 0.3) is 0 Å². The quantitative estimate of drug-likeness (QED) is 0.465. The van der Waals surface area contributed by atoms with Crippen molar-refractivity contribution >= 4 is 23.9 Å². The Labute approximate surface area is 88.2 Å². The van der Waals surface area contributed by atoms with E-state index in [1.165, 1.54) is 12.0 Å². The molecule has 0 aliphatic heterocycles. The maximum Gasteiger partial charge on any atom is 0.222 e. The van der Waals surface area contributed by atoms with Crippen molar-refractivity contribution < 1.29 is 13.8 Å². The topological polar surface area (TPSA) is 67.4 Å². The van der Waals surface area contributed by atoms with Crippen LogP contribution in [0.2, 0.25) is 0 Å². The van der Waals surface area contributed by atoms with Crippen LogP contribution in [-0.4, -0.2) is 38.3 Å². The molecule has 0 rings (SSSR count). The summed E-state index contributed by atoms with van der Waals surface area (Å²) in [6, 6.07) is 0. The van der Waals surface area contributed by atoms with E-state index in [0.29, 0.717) is 25.2 Å². The van der Waals surface area contributed by atoms with Gasteiger partial charge in [0, 0.05) is 26.3 Å². The van der Waals surface area contributed by atoms with Crippen molar-refractivity contribution in [3.05, 3.63) is 0 Å². The predicted molar refractivity (Wildman–Crippen MR) is 55.8 cm³/mol. The van der Waals surface area contributed by atoms with Gasteiger partial charge in [0.15, 0.2) is 0 Å². The number of amides is 2. The minimum atomic E-state index is -0.0445. The molecule has 0 heterocycles. The average molecular weight is 220 g/mol. The van der Waals surface area contributed by atoms with Crippen molar-refractivity contribution in [1.29, 1.82) is 0 Å². The van der Waals surface area contributed by atoms with Crippen LogP contribution in [0.1, 0.15) is 12.8 Å². The van der Waals surface area contributed by atoms with Gasteiger partial charge in [-0.2, -0.15) is 0 Å². The minimum absolute atomic E-state index is 0.00704. The van der Waals surface area contributed by atoms with Crippen LogP contribution < -0.4 is 10.6 Å². The van der Waals surface area contributed by atoms with E-state index in [1.807, 2.05) is 0 Å². The molecule has 0 aromatic carbocycles. The van der Waals surface area contributed by atoms with Gasteiger partial charge in [-0.05, 0) is 12.0 Å². The second-order valence-corrected chi connectivity index (χ2v) is 3.37. The number of hydrogen-bond acceptors (Lipinski definition) is 4. The molecule has 0 aliphatic carbocycles. The third kappa shape index (κ3) is 7.88. The van der Waals surface area contributed by atoms with Crippen LogP contribution in [0.3, 0.4) is 0 Å². The summed E-state index contributed by atoms with van der Waals surface area (Å²) in [7, 11) is 3.18. The molecular formula is C8H16N2O3S. The van der Waals surface area contributed by atoms with Crippen LogP contribution >= 0.6 is 12.0 Å². The van der Waals surface area contributed by atoms with Gasteiger partial charge in [-0.15, -0.1) is 0 Å². The fraction of sp³-hybridized carbons (Fsp3) is 0.750. The molecule has 0 bridgehead atoms. The summed E-state index contributed by atoms with van der Waals surface area (Å²) < 4.78 is 5.08. The van der Waals surface area contributed by atoms with Gasteiger partial charge in [0.1, 0.15) is 0 Å². The van der Waals surface area contributed by atoms with Crippen molar-refractivity contribution in [2.45, 2.75) is 12.8 Å². The molecule has 0 aromatic rings. The first-order chi connectivity index (χ1) is 6.70. The van der Waals surface area contributed by atoms with E-state index in [1.54, 1.807) is 14.1 Å². The second kappa shape index (κ2) is 8.83. The third-order valence-corrected chi connectivity index (χ3v) is 2.17. The Balaban J connectivity index is 3.14. The van der Waals surface area contributed by atoms with Gasteiger partial charge in [-0.3, -0.25) is 9.59 Å². The van der Waals surface area contributed by atoms with Gasteiger partial charge in [0.2, 0.25) is 11.8 Å². The highest BCUT2D eigenvalue weighted by atomic mass is 32.2. The predicted octanol–water partition coefficient (Wildman–Crippen LogP) is -0.0766. The number of rotatable bonds is 7. The molecule has 14 heavy (non-hydrogen) atoms. The van der Waals surface area contributed by atoms with Crippen molar-refractivity contribution in [1.82, 2.24) is 10.6 Å². The Morgan fingerprint density at radius 1 is 1.14 bits per heavy atom. The van der Waals surface area contributed by atoms with Crippen molar-refractivity contribution in [2.75, 3.05) is 26.5 Å². The molecule has 2 amide bonds. The minimum Gasteiger partial charge on any atom is -0.359 e. The maximum absolute atomic E-state index is 10.8. The molecule has 0 fully saturated rings. The van der Waals surface area contributed by atoms with E-state index in [2.05, 4.69) is 10.6 Å². The molecule has 0 aliphatic rings. The second-order valence-electron chi connectivity index (χ2n) is 2.49. The van der Waals surface area contributed by atoms with Crippen LogP contribution in [-0.2, 0) is 13.8 Å². The molecule has 82 valence electrons. The molecule has 0 aromatic heterocycles. The Bertz CT molecular complexity index is 167. The summed E-state index contributed by atoms with van der Waals surface area (Å²) in [5, 5.41) is 5.00. The maximum atomic E-state index is 10.8. The van der Waals surface area contributed by atoms with E-state index in [4.69, 9.17) is 4.18 Å². The Morgan fingerprint density at radius 3 is 2.29 bits per heavy atom. The standard InChI is InChI=1S/C8H16N2O3S/c1-9-7(11)3-5-13-14-6-4-8(12)10-2/h3-6H2,1-2H3,(H,9,11)(H,10,12). The van der Waals surface area contributed by atoms with Gasteiger partial charge in [-0.25, -0.2) is 0 Å². The van der Waals surface area contributed by atoms with Crippen LogP contribution in [0.15, 0.2) is 0 Å². The molecule has 0 atom stereocenters. The lowest BCUT2D eigenvalue weighted by Gasteiger charge is -2.01. The van der Waals surface area contributed by atoms with Crippen molar-refractivity contribution in [2.24, 2.45) is 0 Å². The van der Waals surface area contributed by atoms with E-state index in [0.717, 1.165) is 0 Å². The van der Waals surface area contributed by atoms with E-state index >= 15 is 0 Å². The molecule has 0 saturated carbocycles. The summed E-state index contributed by atoms with van der Waals surface area (Å²) in [4.78, 5) is 21.5. The molecule has 0 radical (unpaired) electrons. The Morgan fingerprint density at radius 2 is 1.71 bits per heavy atom. The first-order valence-electron chi connectivity index (χ1n) is 4.36.